The Morgan fingerprint density at radius 3 is 2.39 bits per heavy atom. The van der Waals surface area contributed by atoms with Crippen LogP contribution < -0.4 is 20.5 Å². The lowest BCUT2D eigenvalue weighted by molar-refractivity contribution is -0.118. The normalized spacial score (nSPS) is 12.1. The van der Waals surface area contributed by atoms with Crippen LogP contribution in [-0.2, 0) is 4.79 Å². The van der Waals surface area contributed by atoms with Gasteiger partial charge in [0.2, 0.25) is 0 Å². The molecular weight excluding hydrogens is 538 g/mol. The number of ether oxygens (including phenoxy) is 2. The molecule has 0 bridgehead atoms. The second kappa shape index (κ2) is 12.0. The van der Waals surface area contributed by atoms with E-state index < -0.39 is 35.8 Å². The third kappa shape index (κ3) is 7.35. The summed E-state index contributed by atoms with van der Waals surface area (Å²) in [7, 11) is 0. The number of nitrogens with two attached hydrogens (primary N) is 1. The molecule has 0 radical (unpaired) electrons. The Morgan fingerprint density at radius 1 is 1.05 bits per heavy atom. The first-order chi connectivity index (χ1) is 17.8. The van der Waals surface area contributed by atoms with Gasteiger partial charge in [0.1, 0.15) is 18.5 Å². The highest BCUT2D eigenvalue weighted by Gasteiger charge is 2.26. The number of benzene rings is 3. The lowest BCUT2D eigenvalue weighted by Crippen LogP contribution is -2.40. The zero-order valence-electron chi connectivity index (χ0n) is 20.8. The predicted octanol–water partition coefficient (Wildman–Crippen LogP) is 4.78. The van der Waals surface area contributed by atoms with Gasteiger partial charge in [0.25, 0.3) is 5.91 Å². The second-order valence-corrected chi connectivity index (χ2v) is 9.98. The van der Waals surface area contributed by atoms with Crippen molar-refractivity contribution in [3.05, 3.63) is 81.1 Å². The maximum atomic E-state index is 14.8. The second-order valence-electron chi connectivity index (χ2n) is 9.11. The van der Waals surface area contributed by atoms with Gasteiger partial charge < -0.3 is 30.7 Å². The Morgan fingerprint density at radius 2 is 1.74 bits per heavy atom. The van der Waals surface area contributed by atoms with Crippen LogP contribution in [0.15, 0.2) is 48.5 Å². The number of aliphatic hydroxyl groups is 2. The third-order valence-corrected chi connectivity index (χ3v) is 6.02. The fourth-order valence-corrected chi connectivity index (χ4v) is 3.73. The molecule has 38 heavy (non-hydrogen) atoms. The number of hydrogen-bond donors (Lipinski definition) is 4. The Kier molecular flexibility index (Phi) is 9.22. The number of halogens is 3. The molecule has 0 saturated carbocycles. The zero-order valence-corrected chi connectivity index (χ0v) is 22.4. The van der Waals surface area contributed by atoms with E-state index in [-0.39, 0.29) is 50.5 Å². The smallest absolute Gasteiger partial charge is 0.262 e. The molecule has 3 aromatic rings. The van der Waals surface area contributed by atoms with E-state index in [0.717, 1.165) is 0 Å². The Balaban J connectivity index is 1.70. The van der Waals surface area contributed by atoms with Crippen molar-refractivity contribution in [1.29, 1.82) is 0 Å². The summed E-state index contributed by atoms with van der Waals surface area (Å²) >= 11 is 12.1. The summed E-state index contributed by atoms with van der Waals surface area (Å²) in [4.78, 5) is 25.7. The van der Waals surface area contributed by atoms with E-state index in [0.29, 0.717) is 5.69 Å². The summed E-state index contributed by atoms with van der Waals surface area (Å²) < 4.78 is 25.7. The van der Waals surface area contributed by atoms with E-state index >= 15 is 0 Å². The number of rotatable bonds is 10. The number of nitrogens with one attached hydrogen (secondary N) is 1. The number of carbonyl (C=O) groups excluding carboxylic acids is 2. The molecule has 1 atom stereocenters. The summed E-state index contributed by atoms with van der Waals surface area (Å²) in [6.07, 6.45) is -1.24. The Hall–Kier alpha value is -3.37. The van der Waals surface area contributed by atoms with Crippen LogP contribution in [0.3, 0.4) is 0 Å². The van der Waals surface area contributed by atoms with E-state index in [1.807, 2.05) is 0 Å². The maximum absolute atomic E-state index is 14.8. The van der Waals surface area contributed by atoms with Crippen LogP contribution in [0.5, 0.6) is 11.5 Å². The molecule has 5 N–H and O–H groups in total. The minimum atomic E-state index is -1.42. The lowest BCUT2D eigenvalue weighted by Gasteiger charge is -2.24. The largest absolute Gasteiger partial charge is 0.488 e. The van der Waals surface area contributed by atoms with Gasteiger partial charge in [0.05, 0.1) is 11.2 Å². The molecule has 0 aliphatic rings. The maximum Gasteiger partial charge on any atom is 0.262 e. The van der Waals surface area contributed by atoms with Gasteiger partial charge in [-0.2, -0.15) is 0 Å². The number of carbonyl (C=O) groups is 2. The molecule has 0 aliphatic carbocycles. The molecule has 0 saturated heterocycles. The van der Waals surface area contributed by atoms with Crippen molar-refractivity contribution in [2.75, 3.05) is 24.3 Å². The molecule has 0 unspecified atom stereocenters. The summed E-state index contributed by atoms with van der Waals surface area (Å²) in [5, 5.41) is 22.8. The number of nitrogen functional groups attached to an aromatic ring is 1. The van der Waals surface area contributed by atoms with Crippen LogP contribution in [-0.4, -0.2) is 46.8 Å². The number of amides is 1. The average Bonchev–Trinajstić information content (AvgIpc) is 2.83. The van der Waals surface area contributed by atoms with Gasteiger partial charge in [0.15, 0.2) is 24.0 Å². The van der Waals surface area contributed by atoms with Crippen LogP contribution >= 0.6 is 23.2 Å². The van der Waals surface area contributed by atoms with Gasteiger partial charge in [-0.15, -0.1) is 0 Å². The molecule has 0 heterocycles. The van der Waals surface area contributed by atoms with E-state index in [4.69, 9.17) is 38.4 Å². The molecule has 0 fully saturated rings. The molecule has 1 amide bonds. The fourth-order valence-electron chi connectivity index (χ4n) is 3.31. The molecule has 8 nitrogen and oxygen atoms in total. The molecular formula is C27H27Cl2FN2O6. The highest BCUT2D eigenvalue weighted by molar-refractivity contribution is 6.32. The Bertz CT molecular complexity index is 1340. The van der Waals surface area contributed by atoms with Gasteiger partial charge in [0, 0.05) is 32.5 Å². The van der Waals surface area contributed by atoms with E-state index in [1.165, 1.54) is 69.3 Å². The van der Waals surface area contributed by atoms with Gasteiger partial charge >= 0.3 is 0 Å². The number of ketones is 1. The van der Waals surface area contributed by atoms with Crippen molar-refractivity contribution in [3.63, 3.8) is 0 Å². The average molecular weight is 565 g/mol. The summed E-state index contributed by atoms with van der Waals surface area (Å²) in [6.45, 7) is 3.43. The van der Waals surface area contributed by atoms with Crippen molar-refractivity contribution in [1.82, 2.24) is 0 Å². The van der Waals surface area contributed by atoms with Gasteiger partial charge in [-0.1, -0.05) is 23.2 Å². The van der Waals surface area contributed by atoms with Crippen LogP contribution in [0.25, 0.3) is 0 Å². The van der Waals surface area contributed by atoms with Crippen molar-refractivity contribution in [2.24, 2.45) is 0 Å². The molecule has 0 spiro atoms. The first kappa shape index (κ1) is 29.2. The Labute approximate surface area is 229 Å². The van der Waals surface area contributed by atoms with Crippen molar-refractivity contribution in [3.8, 4) is 11.5 Å². The van der Waals surface area contributed by atoms with E-state index in [1.54, 1.807) is 0 Å². The summed E-state index contributed by atoms with van der Waals surface area (Å²) in [6, 6.07) is 11.5. The quantitative estimate of drug-likeness (QED) is 0.206. The summed E-state index contributed by atoms with van der Waals surface area (Å²) in [5.41, 5.74) is 5.26. The molecule has 3 rings (SSSR count). The van der Waals surface area contributed by atoms with E-state index in [2.05, 4.69) is 5.32 Å². The highest BCUT2D eigenvalue weighted by atomic mass is 35.5. The molecule has 3 aromatic carbocycles. The minimum Gasteiger partial charge on any atom is -0.488 e. The SMILES string of the molecule is Cc1c(NC(=O)COc2ccc(Cl)cc2C(=O)c2cc(N)cc(Cl)c2)ccc(OC[C@H](O)C(C)(C)O)c1F. The van der Waals surface area contributed by atoms with Crippen LogP contribution in [0.4, 0.5) is 15.8 Å². The van der Waals surface area contributed by atoms with Crippen molar-refractivity contribution < 1.29 is 33.7 Å². The molecule has 0 aromatic heterocycles. The topological polar surface area (TPSA) is 131 Å². The molecule has 202 valence electrons. The zero-order chi connectivity index (χ0) is 28.2. The monoisotopic (exact) mass is 564 g/mol. The van der Waals surface area contributed by atoms with E-state index in [9.17, 15) is 24.2 Å². The fraction of sp³-hybridized carbons (Fsp3) is 0.259. The van der Waals surface area contributed by atoms with Gasteiger partial charge in [-0.25, -0.2) is 4.39 Å². The molecule has 0 aliphatic heterocycles. The van der Waals surface area contributed by atoms with Gasteiger partial charge in [-0.05, 0) is 69.3 Å². The first-order valence-corrected chi connectivity index (χ1v) is 12.2. The van der Waals surface area contributed by atoms with Crippen molar-refractivity contribution >= 4 is 46.3 Å². The molecule has 11 heteroatoms. The predicted molar refractivity (Wildman–Crippen MR) is 144 cm³/mol. The minimum absolute atomic E-state index is 0.0921. The number of aliphatic hydroxyl groups excluding tert-OH is 1. The number of anilines is 2. The summed E-state index contributed by atoms with van der Waals surface area (Å²) in [5.74, 6) is -1.85. The number of hydrogen-bond acceptors (Lipinski definition) is 7. The lowest BCUT2D eigenvalue weighted by atomic mass is 10.0. The van der Waals surface area contributed by atoms with Crippen LogP contribution in [0.1, 0.15) is 35.3 Å². The van der Waals surface area contributed by atoms with Crippen molar-refractivity contribution in [2.45, 2.75) is 32.5 Å². The van der Waals surface area contributed by atoms with Crippen LogP contribution in [0, 0.1) is 12.7 Å². The first-order valence-electron chi connectivity index (χ1n) is 11.4. The van der Waals surface area contributed by atoms with Gasteiger partial charge in [-0.3, -0.25) is 9.59 Å². The third-order valence-electron chi connectivity index (χ3n) is 5.56. The highest BCUT2D eigenvalue weighted by Crippen LogP contribution is 2.29. The van der Waals surface area contributed by atoms with Crippen LogP contribution in [0.2, 0.25) is 10.0 Å². The standard InChI is InChI=1S/C27H27Cl2FN2O6/c1-14-20(5-7-22(25(14)30)37-12-23(33)27(2,3)36)32-24(34)13-38-21-6-4-16(28)11-19(21)26(35)15-8-17(29)10-18(31)9-15/h4-11,23,33,36H,12-13,31H2,1-3H3,(H,32,34)/t23-/m0/s1.